The van der Waals surface area contributed by atoms with Gasteiger partial charge in [0.05, 0.1) is 0 Å². The Labute approximate surface area is 87.0 Å². The first-order valence-electron chi connectivity index (χ1n) is 3.97. The van der Waals surface area contributed by atoms with E-state index in [0.717, 1.165) is 0 Å². The van der Waals surface area contributed by atoms with Crippen molar-refractivity contribution in [3.63, 3.8) is 0 Å². The largest absolute Gasteiger partial charge is 0.481 e. The molecule has 0 fully saturated rings. The van der Waals surface area contributed by atoms with E-state index in [4.69, 9.17) is 10.2 Å². The average Bonchev–Trinajstić information content (AvgIpc) is 2.09. The monoisotopic (exact) mass is 243 g/mol. The van der Waals surface area contributed by atoms with Gasteiger partial charge in [0, 0.05) is 6.42 Å². The number of carbonyl (C=O) groups is 3. The summed E-state index contributed by atoms with van der Waals surface area (Å²) in [5, 5.41) is 17.8. The Morgan fingerprint density at radius 2 is 1.69 bits per heavy atom. The molecule has 0 radical (unpaired) electrons. The van der Waals surface area contributed by atoms with Gasteiger partial charge in [-0.3, -0.25) is 9.59 Å². The van der Waals surface area contributed by atoms with Crippen LogP contribution in [0.5, 0.6) is 0 Å². The Kier molecular flexibility index (Phi) is 4.73. The van der Waals surface area contributed by atoms with Crippen molar-refractivity contribution in [3.05, 3.63) is 0 Å². The lowest BCUT2D eigenvalue weighted by molar-refractivity contribution is -0.175. The Balaban J connectivity index is 4.41. The van der Waals surface area contributed by atoms with Crippen molar-refractivity contribution in [1.82, 2.24) is 5.32 Å². The van der Waals surface area contributed by atoms with Gasteiger partial charge in [0.1, 0.15) is 6.04 Å². The molecule has 0 aliphatic heterocycles. The molecule has 0 saturated heterocycles. The molecule has 0 bridgehead atoms. The zero-order valence-electron chi connectivity index (χ0n) is 7.74. The number of carbonyl (C=O) groups excluding carboxylic acids is 1. The van der Waals surface area contributed by atoms with E-state index >= 15 is 0 Å². The number of aliphatic carboxylic acids is 2. The number of amides is 1. The highest BCUT2D eigenvalue weighted by Crippen LogP contribution is 2.15. The summed E-state index contributed by atoms with van der Waals surface area (Å²) >= 11 is 0. The quantitative estimate of drug-likeness (QED) is 0.629. The number of hydrogen-bond acceptors (Lipinski definition) is 3. The number of hydrogen-bond donors (Lipinski definition) is 3. The topological polar surface area (TPSA) is 104 Å². The molecule has 0 aliphatic carbocycles. The van der Waals surface area contributed by atoms with Crippen molar-refractivity contribution in [2.24, 2.45) is 0 Å². The van der Waals surface area contributed by atoms with E-state index in [-0.39, 0.29) is 0 Å². The summed E-state index contributed by atoms with van der Waals surface area (Å²) in [5.41, 5.74) is 0. The van der Waals surface area contributed by atoms with Gasteiger partial charge in [-0.05, 0) is 6.42 Å². The lowest BCUT2D eigenvalue weighted by atomic mass is 10.1. The number of alkyl halides is 3. The van der Waals surface area contributed by atoms with Gasteiger partial charge in [0.25, 0.3) is 0 Å². The zero-order valence-corrected chi connectivity index (χ0v) is 7.74. The van der Waals surface area contributed by atoms with E-state index in [1.54, 1.807) is 0 Å². The summed E-state index contributed by atoms with van der Waals surface area (Å²) in [6, 6.07) is -1.87. The van der Waals surface area contributed by atoms with Crippen molar-refractivity contribution in [2.75, 3.05) is 0 Å². The molecule has 0 unspecified atom stereocenters. The van der Waals surface area contributed by atoms with Crippen LogP contribution in [-0.2, 0) is 14.4 Å². The molecule has 6 nitrogen and oxygen atoms in total. The highest BCUT2D eigenvalue weighted by molar-refractivity contribution is 5.87. The SMILES string of the molecule is O=C(O)CC[C@@H](NC(=O)C(F)(F)F)C(=O)O. The molecule has 0 heterocycles. The second kappa shape index (κ2) is 5.33. The highest BCUT2D eigenvalue weighted by atomic mass is 19.4. The number of rotatable bonds is 5. The molecule has 0 spiro atoms. The van der Waals surface area contributed by atoms with Gasteiger partial charge in [-0.15, -0.1) is 0 Å². The van der Waals surface area contributed by atoms with Crippen molar-refractivity contribution >= 4 is 17.8 Å². The molecule has 16 heavy (non-hydrogen) atoms. The Bertz CT molecular complexity index is 301. The minimum absolute atomic E-state index is 0.619. The van der Waals surface area contributed by atoms with Crippen molar-refractivity contribution < 1.29 is 37.8 Å². The first-order chi connectivity index (χ1) is 7.14. The Hall–Kier alpha value is -1.80. The molecule has 92 valence electrons. The summed E-state index contributed by atoms with van der Waals surface area (Å²) in [7, 11) is 0. The van der Waals surface area contributed by atoms with Crippen molar-refractivity contribution in [1.29, 1.82) is 0 Å². The maximum atomic E-state index is 11.8. The molecule has 0 saturated carbocycles. The van der Waals surface area contributed by atoms with E-state index in [2.05, 4.69) is 0 Å². The molecule has 0 aromatic rings. The van der Waals surface area contributed by atoms with Crippen LogP contribution in [-0.4, -0.2) is 40.3 Å². The Morgan fingerprint density at radius 1 is 1.19 bits per heavy atom. The number of nitrogens with one attached hydrogen (secondary N) is 1. The minimum atomic E-state index is -5.20. The zero-order chi connectivity index (χ0) is 12.9. The third-order valence-electron chi connectivity index (χ3n) is 1.51. The van der Waals surface area contributed by atoms with Crippen molar-refractivity contribution in [3.8, 4) is 0 Å². The standard InChI is InChI=1S/C7H8F3NO5/c8-7(9,10)6(16)11-3(5(14)15)1-2-4(12)13/h3H,1-2H2,(H,11,16)(H,12,13)(H,14,15)/t3-/m1/s1. The van der Waals surface area contributed by atoms with E-state index in [9.17, 15) is 27.6 Å². The smallest absolute Gasteiger partial charge is 0.471 e. The Morgan fingerprint density at radius 3 is 2.00 bits per heavy atom. The van der Waals surface area contributed by atoms with Crippen LogP contribution in [0, 0.1) is 0 Å². The summed E-state index contributed by atoms with van der Waals surface area (Å²) in [6.07, 6.45) is -6.47. The first kappa shape index (κ1) is 14.2. The molecule has 0 aliphatic rings. The third kappa shape index (κ3) is 5.17. The molecular formula is C7H8F3NO5. The van der Waals surface area contributed by atoms with Gasteiger partial charge in [0.15, 0.2) is 0 Å². The van der Waals surface area contributed by atoms with Crippen LogP contribution in [0.2, 0.25) is 0 Å². The molecule has 3 N–H and O–H groups in total. The van der Waals surface area contributed by atoms with E-state index in [1.807, 2.05) is 0 Å². The summed E-state index contributed by atoms with van der Waals surface area (Å²) in [5.74, 6) is -5.50. The number of carboxylic acids is 2. The second-order valence-corrected chi connectivity index (χ2v) is 2.79. The first-order valence-corrected chi connectivity index (χ1v) is 3.97. The summed E-state index contributed by atoms with van der Waals surface area (Å²) in [6.45, 7) is 0. The molecule has 1 atom stereocenters. The maximum Gasteiger partial charge on any atom is 0.471 e. The fourth-order valence-corrected chi connectivity index (χ4v) is 0.765. The van der Waals surface area contributed by atoms with Crippen molar-refractivity contribution in [2.45, 2.75) is 25.1 Å². The molecule has 0 aromatic heterocycles. The summed E-state index contributed by atoms with van der Waals surface area (Å²) < 4.78 is 35.3. The molecule has 0 aromatic carbocycles. The molecule has 0 rings (SSSR count). The third-order valence-corrected chi connectivity index (χ3v) is 1.51. The van der Waals surface area contributed by atoms with Crippen LogP contribution >= 0.6 is 0 Å². The van der Waals surface area contributed by atoms with Crippen LogP contribution in [0.3, 0.4) is 0 Å². The highest BCUT2D eigenvalue weighted by Gasteiger charge is 2.40. The van der Waals surface area contributed by atoms with Gasteiger partial charge in [0.2, 0.25) is 0 Å². The molecule has 1 amide bonds. The average molecular weight is 243 g/mol. The number of halogens is 3. The van der Waals surface area contributed by atoms with Crippen LogP contribution in [0.4, 0.5) is 13.2 Å². The predicted molar refractivity (Wildman–Crippen MR) is 42.5 cm³/mol. The lowest BCUT2D eigenvalue weighted by Gasteiger charge is -2.14. The maximum absolute atomic E-state index is 11.8. The molecular weight excluding hydrogens is 235 g/mol. The van der Waals surface area contributed by atoms with Gasteiger partial charge >= 0.3 is 24.0 Å². The second-order valence-electron chi connectivity index (χ2n) is 2.79. The normalized spacial score (nSPS) is 12.9. The summed E-state index contributed by atoms with van der Waals surface area (Å²) in [4.78, 5) is 30.9. The van der Waals surface area contributed by atoms with Gasteiger partial charge < -0.3 is 15.5 Å². The van der Waals surface area contributed by atoms with Crippen LogP contribution < -0.4 is 5.32 Å². The molecule has 9 heteroatoms. The van der Waals surface area contributed by atoms with Gasteiger partial charge in [-0.1, -0.05) is 0 Å². The fraction of sp³-hybridized carbons (Fsp3) is 0.571. The van der Waals surface area contributed by atoms with E-state index in [0.29, 0.717) is 0 Å². The van der Waals surface area contributed by atoms with Gasteiger partial charge in [-0.2, -0.15) is 13.2 Å². The fourth-order valence-electron chi connectivity index (χ4n) is 0.765. The predicted octanol–water partition coefficient (Wildman–Crippen LogP) is -0.0171. The van der Waals surface area contributed by atoms with Gasteiger partial charge in [-0.25, -0.2) is 4.79 Å². The van der Waals surface area contributed by atoms with E-state index < -0.39 is 42.9 Å². The lowest BCUT2D eigenvalue weighted by Crippen LogP contribution is -2.47. The van der Waals surface area contributed by atoms with Crippen LogP contribution in [0.15, 0.2) is 0 Å². The van der Waals surface area contributed by atoms with E-state index in [1.165, 1.54) is 5.32 Å². The minimum Gasteiger partial charge on any atom is -0.481 e. The van der Waals surface area contributed by atoms with Crippen LogP contribution in [0.25, 0.3) is 0 Å². The number of carboxylic acid groups (broad SMARTS) is 2. The van der Waals surface area contributed by atoms with Crippen LogP contribution in [0.1, 0.15) is 12.8 Å².